The van der Waals surface area contributed by atoms with E-state index in [-0.39, 0.29) is 0 Å². The SMILES string of the molecule is NS(=O)(=O)CCNC(=O)c1c(F)cc(F)cc1F. The number of rotatable bonds is 4. The Morgan fingerprint density at radius 1 is 1.22 bits per heavy atom. The Balaban J connectivity index is 2.80. The Kier molecular flexibility index (Phi) is 4.30. The highest BCUT2D eigenvalue weighted by molar-refractivity contribution is 7.89. The molecule has 0 saturated heterocycles. The third kappa shape index (κ3) is 4.00. The summed E-state index contributed by atoms with van der Waals surface area (Å²) in [6, 6.07) is 0.690. The topological polar surface area (TPSA) is 89.3 Å². The fourth-order valence-corrected chi connectivity index (χ4v) is 1.54. The summed E-state index contributed by atoms with van der Waals surface area (Å²) >= 11 is 0. The summed E-state index contributed by atoms with van der Waals surface area (Å²) in [6.07, 6.45) is 0. The second-order valence-corrected chi connectivity index (χ2v) is 5.10. The molecule has 9 heteroatoms. The minimum Gasteiger partial charge on any atom is -0.351 e. The number of primary sulfonamides is 1. The molecule has 1 aromatic rings. The predicted molar refractivity (Wildman–Crippen MR) is 56.6 cm³/mol. The minimum absolute atomic E-state index is 0.345. The number of hydrogen-bond donors (Lipinski definition) is 2. The van der Waals surface area contributed by atoms with E-state index in [0.29, 0.717) is 12.1 Å². The molecule has 1 amide bonds. The van der Waals surface area contributed by atoms with Gasteiger partial charge in [-0.25, -0.2) is 26.7 Å². The molecular formula is C9H9F3N2O3S. The molecule has 0 radical (unpaired) electrons. The highest BCUT2D eigenvalue weighted by Crippen LogP contribution is 2.14. The van der Waals surface area contributed by atoms with Crippen molar-refractivity contribution in [3.63, 3.8) is 0 Å². The van der Waals surface area contributed by atoms with Gasteiger partial charge in [-0.3, -0.25) is 4.79 Å². The molecule has 3 N–H and O–H groups in total. The lowest BCUT2D eigenvalue weighted by Crippen LogP contribution is -2.32. The first-order valence-corrected chi connectivity index (χ1v) is 6.35. The monoisotopic (exact) mass is 282 g/mol. The zero-order valence-corrected chi connectivity index (χ0v) is 9.73. The van der Waals surface area contributed by atoms with Crippen molar-refractivity contribution in [1.82, 2.24) is 5.32 Å². The van der Waals surface area contributed by atoms with E-state index in [2.05, 4.69) is 5.14 Å². The zero-order chi connectivity index (χ0) is 13.9. The van der Waals surface area contributed by atoms with Gasteiger partial charge in [0.1, 0.15) is 23.0 Å². The molecule has 18 heavy (non-hydrogen) atoms. The molecule has 0 aliphatic rings. The summed E-state index contributed by atoms with van der Waals surface area (Å²) in [4.78, 5) is 11.3. The van der Waals surface area contributed by atoms with Crippen LogP contribution in [-0.4, -0.2) is 26.6 Å². The predicted octanol–water partition coefficient (Wildman–Crippen LogP) is 0.122. The van der Waals surface area contributed by atoms with Crippen molar-refractivity contribution in [2.24, 2.45) is 5.14 Å². The highest BCUT2D eigenvalue weighted by atomic mass is 32.2. The first kappa shape index (κ1) is 14.5. The molecule has 5 nitrogen and oxygen atoms in total. The lowest BCUT2D eigenvalue weighted by Gasteiger charge is -2.06. The Hall–Kier alpha value is -1.61. The van der Waals surface area contributed by atoms with Crippen molar-refractivity contribution in [2.45, 2.75) is 0 Å². The number of nitrogens with one attached hydrogen (secondary N) is 1. The van der Waals surface area contributed by atoms with E-state index in [4.69, 9.17) is 0 Å². The van der Waals surface area contributed by atoms with Crippen LogP contribution in [0.2, 0.25) is 0 Å². The molecule has 0 aliphatic heterocycles. The first-order chi connectivity index (χ1) is 8.20. The molecule has 0 aliphatic carbocycles. The van der Waals surface area contributed by atoms with Crippen LogP contribution in [0.25, 0.3) is 0 Å². The van der Waals surface area contributed by atoms with E-state index in [1.165, 1.54) is 0 Å². The van der Waals surface area contributed by atoms with Gasteiger partial charge in [0, 0.05) is 18.7 Å². The average Bonchev–Trinajstić information content (AvgIpc) is 2.13. The van der Waals surface area contributed by atoms with Gasteiger partial charge in [0.15, 0.2) is 0 Å². The number of carbonyl (C=O) groups excluding carboxylic acids is 1. The molecule has 100 valence electrons. The Bertz CT molecular complexity index is 551. The van der Waals surface area contributed by atoms with E-state index < -0.39 is 51.2 Å². The van der Waals surface area contributed by atoms with Gasteiger partial charge in [0.2, 0.25) is 10.0 Å². The fourth-order valence-electron chi connectivity index (χ4n) is 1.15. The largest absolute Gasteiger partial charge is 0.351 e. The fraction of sp³-hybridized carbons (Fsp3) is 0.222. The van der Waals surface area contributed by atoms with Gasteiger partial charge in [-0.15, -0.1) is 0 Å². The van der Waals surface area contributed by atoms with Gasteiger partial charge in [-0.2, -0.15) is 0 Å². The molecule has 0 spiro atoms. The number of halogens is 3. The Morgan fingerprint density at radius 2 is 1.72 bits per heavy atom. The van der Waals surface area contributed by atoms with E-state index in [1.807, 2.05) is 5.32 Å². The Morgan fingerprint density at radius 3 is 2.17 bits per heavy atom. The lowest BCUT2D eigenvalue weighted by atomic mass is 10.2. The van der Waals surface area contributed by atoms with Gasteiger partial charge in [0.25, 0.3) is 5.91 Å². The smallest absolute Gasteiger partial charge is 0.257 e. The van der Waals surface area contributed by atoms with Crippen molar-refractivity contribution < 1.29 is 26.4 Å². The number of sulfonamides is 1. The number of amides is 1. The molecule has 0 aromatic heterocycles. The van der Waals surface area contributed by atoms with Crippen LogP contribution in [0.5, 0.6) is 0 Å². The van der Waals surface area contributed by atoms with E-state index in [0.717, 1.165) is 0 Å². The third-order valence-electron chi connectivity index (χ3n) is 1.91. The van der Waals surface area contributed by atoms with Gasteiger partial charge >= 0.3 is 0 Å². The molecule has 0 bridgehead atoms. The molecular weight excluding hydrogens is 273 g/mol. The maximum absolute atomic E-state index is 13.1. The van der Waals surface area contributed by atoms with Crippen molar-refractivity contribution >= 4 is 15.9 Å². The van der Waals surface area contributed by atoms with Crippen molar-refractivity contribution in [3.05, 3.63) is 35.1 Å². The molecule has 0 heterocycles. The van der Waals surface area contributed by atoms with Crippen LogP contribution < -0.4 is 10.5 Å². The van der Waals surface area contributed by atoms with Gasteiger partial charge in [-0.05, 0) is 0 Å². The van der Waals surface area contributed by atoms with Gasteiger partial charge < -0.3 is 5.32 Å². The van der Waals surface area contributed by atoms with Crippen LogP contribution >= 0.6 is 0 Å². The Labute approximate surface area is 101 Å². The van der Waals surface area contributed by atoms with Gasteiger partial charge in [-0.1, -0.05) is 0 Å². The molecule has 0 unspecified atom stereocenters. The summed E-state index contributed by atoms with van der Waals surface area (Å²) in [5.74, 6) is -5.68. The van der Waals surface area contributed by atoms with Crippen molar-refractivity contribution in [2.75, 3.05) is 12.3 Å². The van der Waals surface area contributed by atoms with E-state index in [9.17, 15) is 26.4 Å². The van der Waals surface area contributed by atoms with Crippen LogP contribution in [0.4, 0.5) is 13.2 Å². The van der Waals surface area contributed by atoms with Crippen LogP contribution in [0, 0.1) is 17.5 Å². The maximum Gasteiger partial charge on any atom is 0.257 e. The summed E-state index contributed by atoms with van der Waals surface area (Å²) in [7, 11) is -3.79. The molecule has 0 atom stereocenters. The zero-order valence-electron chi connectivity index (χ0n) is 8.91. The van der Waals surface area contributed by atoms with Gasteiger partial charge in [0.05, 0.1) is 5.75 Å². The molecule has 0 fully saturated rings. The van der Waals surface area contributed by atoms with E-state index >= 15 is 0 Å². The second kappa shape index (κ2) is 5.36. The van der Waals surface area contributed by atoms with Crippen molar-refractivity contribution in [3.8, 4) is 0 Å². The number of benzene rings is 1. The molecule has 1 aromatic carbocycles. The van der Waals surface area contributed by atoms with Crippen LogP contribution in [0.1, 0.15) is 10.4 Å². The van der Waals surface area contributed by atoms with Crippen LogP contribution in [-0.2, 0) is 10.0 Å². The summed E-state index contributed by atoms with van der Waals surface area (Å²) in [6.45, 7) is -0.409. The standard InChI is InChI=1S/C9H9F3N2O3S/c10-5-3-6(11)8(7(12)4-5)9(15)14-1-2-18(13,16)17/h3-4H,1-2H2,(H,14,15)(H2,13,16,17). The maximum atomic E-state index is 13.1. The number of carbonyl (C=O) groups is 1. The quantitative estimate of drug-likeness (QED) is 0.822. The minimum atomic E-state index is -3.79. The van der Waals surface area contributed by atoms with Crippen LogP contribution in [0.3, 0.4) is 0 Å². The normalized spacial score (nSPS) is 11.3. The molecule has 0 saturated carbocycles. The second-order valence-electron chi connectivity index (χ2n) is 3.37. The first-order valence-electron chi connectivity index (χ1n) is 4.64. The number of nitrogens with two attached hydrogens (primary N) is 1. The van der Waals surface area contributed by atoms with Crippen LogP contribution in [0.15, 0.2) is 12.1 Å². The average molecular weight is 282 g/mol. The van der Waals surface area contributed by atoms with E-state index in [1.54, 1.807) is 0 Å². The number of hydrogen-bond acceptors (Lipinski definition) is 3. The third-order valence-corrected chi connectivity index (χ3v) is 2.68. The summed E-state index contributed by atoms with van der Waals surface area (Å²) in [5.41, 5.74) is -0.981. The highest BCUT2D eigenvalue weighted by Gasteiger charge is 2.18. The summed E-state index contributed by atoms with van der Waals surface area (Å²) in [5, 5.41) is 6.62. The van der Waals surface area contributed by atoms with Crippen molar-refractivity contribution in [1.29, 1.82) is 0 Å². The lowest BCUT2D eigenvalue weighted by molar-refractivity contribution is 0.0947. The summed E-state index contributed by atoms with van der Waals surface area (Å²) < 4.78 is 60.0. The molecule has 1 rings (SSSR count).